The van der Waals surface area contributed by atoms with Crippen molar-refractivity contribution in [1.82, 2.24) is 9.58 Å². The molecule has 1 aliphatic carbocycles. The minimum absolute atomic E-state index is 0.0554. The van der Waals surface area contributed by atoms with Crippen LogP contribution in [0.25, 0.3) is 0 Å². The van der Waals surface area contributed by atoms with Crippen LogP contribution in [0.5, 0.6) is 11.5 Å². The second kappa shape index (κ2) is 12.4. The van der Waals surface area contributed by atoms with Gasteiger partial charge in [-0.15, -0.1) is 18.3 Å². The fraction of sp³-hybridized carbons (Fsp3) is 0.243. The average molecular weight is 654 g/mol. The predicted octanol–water partition coefficient (Wildman–Crippen LogP) is 7.13. The first-order valence-corrected chi connectivity index (χ1v) is 16.5. The van der Waals surface area contributed by atoms with Gasteiger partial charge in [0.2, 0.25) is 5.43 Å². The predicted molar refractivity (Wildman–Crippen MR) is 177 cm³/mol. The first-order valence-electron chi connectivity index (χ1n) is 15.5. The van der Waals surface area contributed by atoms with Gasteiger partial charge in [0.05, 0.1) is 5.54 Å². The van der Waals surface area contributed by atoms with Gasteiger partial charge in [-0.25, -0.2) is 8.78 Å². The molecule has 1 amide bonds. The summed E-state index contributed by atoms with van der Waals surface area (Å²) in [5.74, 6) is -2.08. The lowest BCUT2D eigenvalue weighted by molar-refractivity contribution is 0.0254. The molecule has 240 valence electrons. The Morgan fingerprint density at radius 1 is 1.00 bits per heavy atom. The number of hydrogen-bond acceptors (Lipinski definition) is 6. The topological polar surface area (TPSA) is 64.0 Å². The van der Waals surface area contributed by atoms with Crippen molar-refractivity contribution in [2.24, 2.45) is 0 Å². The Kier molecular flexibility index (Phi) is 8.13. The molecule has 0 saturated heterocycles. The molecule has 10 heteroatoms. The molecule has 47 heavy (non-hydrogen) atoms. The zero-order valence-corrected chi connectivity index (χ0v) is 26.5. The molecule has 0 bridgehead atoms. The van der Waals surface area contributed by atoms with Crippen molar-refractivity contribution in [2.75, 3.05) is 18.3 Å². The Morgan fingerprint density at radius 2 is 1.77 bits per heavy atom. The van der Waals surface area contributed by atoms with Crippen molar-refractivity contribution in [2.45, 2.75) is 48.1 Å². The lowest BCUT2D eigenvalue weighted by Gasteiger charge is -2.54. The van der Waals surface area contributed by atoms with Crippen molar-refractivity contribution in [3.63, 3.8) is 0 Å². The van der Waals surface area contributed by atoms with Crippen LogP contribution in [0, 0.1) is 11.6 Å². The number of nitrogens with zero attached hydrogens (tertiary/aromatic N) is 3. The molecule has 0 N–H and O–H groups in total. The van der Waals surface area contributed by atoms with E-state index in [4.69, 9.17) is 9.47 Å². The van der Waals surface area contributed by atoms with Crippen LogP contribution in [-0.2, 0) is 12.4 Å². The van der Waals surface area contributed by atoms with Gasteiger partial charge < -0.3 is 14.4 Å². The number of hydrogen-bond donors (Lipinski definition) is 0. The van der Waals surface area contributed by atoms with E-state index in [-0.39, 0.29) is 54.3 Å². The minimum Gasteiger partial charge on any atom is -0.489 e. The highest BCUT2D eigenvalue weighted by molar-refractivity contribution is 7.98. The summed E-state index contributed by atoms with van der Waals surface area (Å²) >= 11 is 1.41. The molecule has 1 aromatic heterocycles. The summed E-state index contributed by atoms with van der Waals surface area (Å²) in [5, 5.41) is 1.91. The molecule has 7 rings (SSSR count). The fourth-order valence-corrected chi connectivity index (χ4v) is 7.80. The highest BCUT2D eigenvalue weighted by atomic mass is 32.2. The highest BCUT2D eigenvalue weighted by Crippen LogP contribution is 2.49. The molecule has 2 aliphatic heterocycles. The lowest BCUT2D eigenvalue weighted by atomic mass is 9.75. The van der Waals surface area contributed by atoms with E-state index in [1.807, 2.05) is 59.6 Å². The van der Waals surface area contributed by atoms with Gasteiger partial charge in [-0.05, 0) is 36.5 Å². The van der Waals surface area contributed by atoms with Gasteiger partial charge in [0.15, 0.2) is 23.1 Å². The molecular weight excluding hydrogens is 620 g/mol. The molecule has 1 fully saturated rings. The zero-order valence-electron chi connectivity index (χ0n) is 25.7. The molecule has 1 atom stereocenters. The maximum Gasteiger partial charge on any atom is 0.278 e. The Balaban J connectivity index is 1.48. The van der Waals surface area contributed by atoms with Gasteiger partial charge in [-0.2, -0.15) is 0 Å². The molecule has 1 unspecified atom stereocenters. The van der Waals surface area contributed by atoms with Gasteiger partial charge in [0, 0.05) is 40.1 Å². The number of fused-ring (bicyclic) bond motifs is 3. The quantitative estimate of drug-likeness (QED) is 0.179. The summed E-state index contributed by atoms with van der Waals surface area (Å²) in [5.41, 5.74) is 1.22. The molecule has 7 nitrogen and oxygen atoms in total. The van der Waals surface area contributed by atoms with Crippen LogP contribution in [0.1, 0.15) is 58.0 Å². The average Bonchev–Trinajstić information content (AvgIpc) is 3.24. The number of benzene rings is 3. The number of aromatic nitrogens is 1. The van der Waals surface area contributed by atoms with Crippen molar-refractivity contribution < 1.29 is 23.0 Å². The minimum atomic E-state index is -1.01. The summed E-state index contributed by atoms with van der Waals surface area (Å²) in [6, 6.07) is 18.8. The lowest BCUT2D eigenvalue weighted by Crippen LogP contribution is -2.64. The Labute approximate surface area is 275 Å². The van der Waals surface area contributed by atoms with Crippen LogP contribution in [-0.4, -0.2) is 34.3 Å². The third-order valence-electron chi connectivity index (χ3n) is 9.25. The van der Waals surface area contributed by atoms with Crippen LogP contribution >= 0.6 is 11.8 Å². The van der Waals surface area contributed by atoms with E-state index in [1.165, 1.54) is 17.8 Å². The Bertz CT molecular complexity index is 1940. The van der Waals surface area contributed by atoms with Gasteiger partial charge in [0.1, 0.15) is 31.7 Å². The van der Waals surface area contributed by atoms with Crippen molar-refractivity contribution in [1.29, 1.82) is 0 Å². The Morgan fingerprint density at radius 3 is 2.49 bits per heavy atom. The van der Waals surface area contributed by atoms with Gasteiger partial charge >= 0.3 is 0 Å². The molecule has 3 aliphatic rings. The fourth-order valence-electron chi connectivity index (χ4n) is 6.69. The maximum absolute atomic E-state index is 15.8. The number of amides is 1. The largest absolute Gasteiger partial charge is 0.489 e. The molecule has 3 aromatic carbocycles. The molecule has 0 spiro atoms. The van der Waals surface area contributed by atoms with Crippen LogP contribution in [0.3, 0.4) is 0 Å². The first-order chi connectivity index (χ1) is 22.9. The summed E-state index contributed by atoms with van der Waals surface area (Å²) in [7, 11) is 0. The molecule has 0 radical (unpaired) electrons. The van der Waals surface area contributed by atoms with E-state index >= 15 is 8.78 Å². The maximum atomic E-state index is 15.8. The van der Waals surface area contributed by atoms with Gasteiger partial charge in [0.25, 0.3) is 5.91 Å². The van der Waals surface area contributed by atoms with Crippen LogP contribution in [0.2, 0.25) is 0 Å². The molecular formula is C37H33F2N3O4S. The van der Waals surface area contributed by atoms with E-state index in [0.717, 1.165) is 28.5 Å². The van der Waals surface area contributed by atoms with E-state index in [1.54, 1.807) is 27.9 Å². The third kappa shape index (κ3) is 5.20. The molecule has 1 saturated carbocycles. The van der Waals surface area contributed by atoms with Crippen LogP contribution in [0.4, 0.5) is 8.78 Å². The van der Waals surface area contributed by atoms with Crippen LogP contribution < -0.4 is 19.9 Å². The number of carbonyl (C=O) groups is 1. The number of thioether (sulfide) groups is 1. The number of halogens is 2. The number of carbonyl (C=O) groups excluding carboxylic acids is 1. The number of ether oxygens (including phenoxy) is 2. The summed E-state index contributed by atoms with van der Waals surface area (Å²) in [4.78, 5) is 30.6. The van der Waals surface area contributed by atoms with E-state index in [2.05, 4.69) is 13.2 Å². The molecule has 3 heterocycles. The van der Waals surface area contributed by atoms with Gasteiger partial charge in [-0.3, -0.25) is 19.3 Å². The SMILES string of the molecule is C=CCOc1cc(F)c(F)c2c1C(N1CN(C3(C=C)CCC3)C(=O)c3c(OCc4ccccc4)c(=O)ccn31)c1ccccc1SC2. The number of rotatable bonds is 9. The third-order valence-corrected chi connectivity index (χ3v) is 10.4. The summed E-state index contributed by atoms with van der Waals surface area (Å²) in [6.07, 6.45) is 7.21. The normalized spacial score (nSPS) is 17.8. The summed E-state index contributed by atoms with van der Waals surface area (Å²) in [6.45, 7) is 8.05. The van der Waals surface area contributed by atoms with Crippen molar-refractivity contribution >= 4 is 17.7 Å². The number of pyridine rings is 1. The first kappa shape index (κ1) is 30.8. The van der Waals surface area contributed by atoms with Crippen molar-refractivity contribution in [3.8, 4) is 11.5 Å². The monoisotopic (exact) mass is 653 g/mol. The highest BCUT2D eigenvalue weighted by Gasteiger charge is 2.49. The van der Waals surface area contributed by atoms with E-state index in [0.29, 0.717) is 18.4 Å². The zero-order chi connectivity index (χ0) is 32.7. The summed E-state index contributed by atoms with van der Waals surface area (Å²) < 4.78 is 44.8. The standard InChI is InChI=1S/C37H33F2N3O4S/c1-3-19-45-29-20-27(38)32(39)26-22-47-30-14-9-8-13-25(30)33(31(26)29)42-23-40(37(4-2)16-10-17-37)36(44)34-35(28(43)15-18-41(34)42)46-21-24-11-6-5-7-12-24/h3-9,11-15,18,20,33H,1-2,10,16-17,19,21-23H2. The second-order valence-corrected chi connectivity index (χ2v) is 12.9. The van der Waals surface area contributed by atoms with E-state index in [9.17, 15) is 9.59 Å². The molecule has 4 aromatic rings. The van der Waals surface area contributed by atoms with E-state index < -0.39 is 28.6 Å². The second-order valence-electron chi connectivity index (χ2n) is 11.8. The Hall–Kier alpha value is -4.83. The van der Waals surface area contributed by atoms with Crippen LogP contribution in [0.15, 0.2) is 108 Å². The van der Waals surface area contributed by atoms with Crippen molar-refractivity contribution in [3.05, 3.63) is 148 Å². The van der Waals surface area contributed by atoms with Gasteiger partial charge in [-0.1, -0.05) is 67.3 Å². The smallest absolute Gasteiger partial charge is 0.278 e.